The Hall–Kier alpha value is -1.92. The van der Waals surface area contributed by atoms with E-state index in [1.165, 1.54) is 11.3 Å². The summed E-state index contributed by atoms with van der Waals surface area (Å²) in [5, 5.41) is 0.890. The van der Waals surface area contributed by atoms with Gasteiger partial charge in [0, 0.05) is 0 Å². The summed E-state index contributed by atoms with van der Waals surface area (Å²) in [4.78, 5) is 16.5. The number of rotatable bonds is 2. The first-order valence-electron chi connectivity index (χ1n) is 6.18. The Morgan fingerprint density at radius 1 is 1.50 bits per heavy atom. The van der Waals surface area contributed by atoms with Crippen molar-refractivity contribution < 1.29 is 9.53 Å². The van der Waals surface area contributed by atoms with Gasteiger partial charge < -0.3 is 10.5 Å². The topological polar surface area (TPSA) is 69.6 Å². The highest BCUT2D eigenvalue weighted by Gasteiger charge is 2.19. The number of methoxy groups -OCH3 is 1. The van der Waals surface area contributed by atoms with Gasteiger partial charge in [0.05, 0.1) is 28.2 Å². The van der Waals surface area contributed by atoms with E-state index >= 15 is 0 Å². The average molecular weight is 289 g/mol. The van der Waals surface area contributed by atoms with Gasteiger partial charge in [0.1, 0.15) is 11.5 Å². The number of ether oxygens (including phenoxy) is 1. The van der Waals surface area contributed by atoms with Crippen LogP contribution < -0.4 is 15.6 Å². The van der Waals surface area contributed by atoms with E-state index in [2.05, 4.69) is 4.98 Å². The zero-order chi connectivity index (χ0) is 14.5. The van der Waals surface area contributed by atoms with E-state index in [9.17, 15) is 4.79 Å². The van der Waals surface area contributed by atoms with Gasteiger partial charge in [-0.3, -0.25) is 9.20 Å². The third-order valence-electron chi connectivity index (χ3n) is 3.28. The van der Waals surface area contributed by atoms with Crippen molar-refractivity contribution in [3.63, 3.8) is 0 Å². The molecule has 1 aliphatic rings. The van der Waals surface area contributed by atoms with Gasteiger partial charge in [0.25, 0.3) is 0 Å². The molecule has 6 heteroatoms. The molecule has 0 aromatic carbocycles. The summed E-state index contributed by atoms with van der Waals surface area (Å²) in [6, 6.07) is 0. The van der Waals surface area contributed by atoms with Crippen LogP contribution in [0.2, 0.25) is 0 Å². The average Bonchev–Trinajstić information content (AvgIpc) is 2.79. The predicted molar refractivity (Wildman–Crippen MR) is 79.1 cm³/mol. The van der Waals surface area contributed by atoms with E-state index in [-0.39, 0.29) is 0 Å². The van der Waals surface area contributed by atoms with Gasteiger partial charge in [0.2, 0.25) is 0 Å². The molecule has 5 nitrogen and oxygen atoms in total. The van der Waals surface area contributed by atoms with Crippen LogP contribution in [0.5, 0.6) is 0 Å². The quantitative estimate of drug-likeness (QED) is 0.809. The van der Waals surface area contributed by atoms with Crippen molar-refractivity contribution in [2.24, 2.45) is 5.73 Å². The van der Waals surface area contributed by atoms with E-state index in [0.717, 1.165) is 26.8 Å². The Bertz CT molecular complexity index is 855. The van der Waals surface area contributed by atoms with Gasteiger partial charge in [0.15, 0.2) is 11.2 Å². The van der Waals surface area contributed by atoms with Crippen molar-refractivity contribution in [3.05, 3.63) is 33.1 Å². The summed E-state index contributed by atoms with van der Waals surface area (Å²) in [7, 11) is 1.61. The highest BCUT2D eigenvalue weighted by Crippen LogP contribution is 2.15. The number of carbonyl (C=O) groups is 1. The smallest absolute Gasteiger partial charge is 0.195 e. The number of nitrogens with zero attached hydrogens (tertiary/aromatic N) is 2. The first-order valence-corrected chi connectivity index (χ1v) is 7.00. The van der Waals surface area contributed by atoms with Crippen molar-refractivity contribution in [2.75, 3.05) is 7.11 Å². The van der Waals surface area contributed by atoms with Crippen LogP contribution in [0.25, 0.3) is 17.1 Å². The van der Waals surface area contributed by atoms with Crippen LogP contribution >= 0.6 is 11.3 Å². The lowest BCUT2D eigenvalue weighted by atomic mass is 10.0. The molecule has 1 unspecified atom stereocenters. The Morgan fingerprint density at radius 3 is 2.90 bits per heavy atom. The number of thiazole rings is 1. The van der Waals surface area contributed by atoms with E-state index in [0.29, 0.717) is 11.5 Å². The number of aromatic nitrogens is 2. The summed E-state index contributed by atoms with van der Waals surface area (Å²) in [5.41, 5.74) is 6.90. The number of aryl methyl sites for hydroxylation is 1. The number of fused-ring (bicyclic) bond motifs is 3. The molecule has 0 saturated heterocycles. The summed E-state index contributed by atoms with van der Waals surface area (Å²) in [5.74, 6) is 0.707. The molecule has 0 radical (unpaired) electrons. The standard InChI is InChI=1S/C14H15N3O2S/c1-8-11(7-18)17-10-6-14(2,15)5-9(19-3)4-12(10)20-13(17)16-8/h4-7H,15H2,1-3H3. The van der Waals surface area contributed by atoms with Crippen LogP contribution in [-0.4, -0.2) is 28.3 Å². The molecule has 104 valence electrons. The Labute approximate surface area is 119 Å². The maximum atomic E-state index is 11.3. The third kappa shape index (κ3) is 1.88. The van der Waals surface area contributed by atoms with Crippen LogP contribution in [0.4, 0.5) is 0 Å². The summed E-state index contributed by atoms with van der Waals surface area (Å²) >= 11 is 1.51. The fraction of sp³-hybridized carbons (Fsp3) is 0.286. The molecule has 0 fully saturated rings. The highest BCUT2D eigenvalue weighted by molar-refractivity contribution is 7.15. The molecule has 0 saturated carbocycles. The van der Waals surface area contributed by atoms with Crippen LogP contribution in [0.1, 0.15) is 23.1 Å². The van der Waals surface area contributed by atoms with Crippen molar-refractivity contribution in [3.8, 4) is 0 Å². The molecular weight excluding hydrogens is 274 g/mol. The number of hydrogen-bond acceptors (Lipinski definition) is 5. The minimum absolute atomic E-state index is 0.568. The predicted octanol–water partition coefficient (Wildman–Crippen LogP) is 0.339. The molecule has 0 spiro atoms. The van der Waals surface area contributed by atoms with Gasteiger partial charge in [-0.2, -0.15) is 0 Å². The molecule has 2 aromatic heterocycles. The van der Waals surface area contributed by atoms with E-state index in [1.54, 1.807) is 7.11 Å². The number of imidazole rings is 1. The number of carbonyl (C=O) groups excluding carboxylic acids is 1. The molecule has 1 aliphatic carbocycles. The van der Waals surface area contributed by atoms with Gasteiger partial charge in [-0.25, -0.2) is 4.98 Å². The third-order valence-corrected chi connectivity index (χ3v) is 4.29. The molecule has 0 amide bonds. The van der Waals surface area contributed by atoms with Crippen LogP contribution in [-0.2, 0) is 4.74 Å². The van der Waals surface area contributed by atoms with Crippen molar-refractivity contribution in [1.29, 1.82) is 0 Å². The molecule has 0 aliphatic heterocycles. The monoisotopic (exact) mass is 289 g/mol. The highest BCUT2D eigenvalue weighted by atomic mass is 32.1. The lowest BCUT2D eigenvalue weighted by Crippen LogP contribution is -2.36. The van der Waals surface area contributed by atoms with Gasteiger partial charge >= 0.3 is 0 Å². The van der Waals surface area contributed by atoms with Crippen molar-refractivity contribution >= 4 is 34.7 Å². The maximum Gasteiger partial charge on any atom is 0.195 e. The molecular formula is C14H15N3O2S. The lowest BCUT2D eigenvalue weighted by Gasteiger charge is -2.14. The van der Waals surface area contributed by atoms with Gasteiger partial charge in [-0.05, 0) is 32.1 Å². The summed E-state index contributed by atoms with van der Waals surface area (Å²) in [6.07, 6.45) is 6.55. The molecule has 3 rings (SSSR count). The number of nitrogens with two attached hydrogens (primary N) is 1. The van der Waals surface area contributed by atoms with Crippen LogP contribution in [0.15, 0.2) is 11.8 Å². The molecule has 1 atom stereocenters. The zero-order valence-electron chi connectivity index (χ0n) is 11.5. The van der Waals surface area contributed by atoms with E-state index < -0.39 is 5.54 Å². The number of aldehydes is 1. The Kier molecular flexibility index (Phi) is 2.81. The Balaban J connectivity index is 2.48. The fourth-order valence-corrected chi connectivity index (χ4v) is 3.48. The van der Waals surface area contributed by atoms with Crippen LogP contribution in [0.3, 0.4) is 0 Å². The normalized spacial score (nSPS) is 21.5. The van der Waals surface area contributed by atoms with Crippen molar-refractivity contribution in [2.45, 2.75) is 19.4 Å². The zero-order valence-corrected chi connectivity index (χ0v) is 12.3. The minimum atomic E-state index is -0.653. The SMILES string of the molecule is COC1=CC(C)(N)C=c2c(sc3nc(C)c(C=O)n23)=C1. The molecule has 2 aromatic rings. The minimum Gasteiger partial charge on any atom is -0.497 e. The van der Waals surface area contributed by atoms with Crippen molar-refractivity contribution in [1.82, 2.24) is 9.38 Å². The number of allylic oxidation sites excluding steroid dienone is 1. The summed E-state index contributed by atoms with van der Waals surface area (Å²) in [6.45, 7) is 3.72. The second kappa shape index (κ2) is 4.29. The fourth-order valence-electron chi connectivity index (χ4n) is 2.39. The molecule has 0 bridgehead atoms. The molecule has 20 heavy (non-hydrogen) atoms. The first-order chi connectivity index (χ1) is 9.45. The largest absolute Gasteiger partial charge is 0.497 e. The second-order valence-electron chi connectivity index (χ2n) is 5.08. The van der Waals surface area contributed by atoms with E-state index in [1.807, 2.05) is 36.5 Å². The Morgan fingerprint density at radius 2 is 2.25 bits per heavy atom. The molecule has 2 N–H and O–H groups in total. The summed E-state index contributed by atoms with van der Waals surface area (Å²) < 4.78 is 8.17. The maximum absolute atomic E-state index is 11.3. The van der Waals surface area contributed by atoms with Gasteiger partial charge in [-0.15, -0.1) is 0 Å². The van der Waals surface area contributed by atoms with Crippen LogP contribution in [0, 0.1) is 6.92 Å². The second-order valence-corrected chi connectivity index (χ2v) is 6.08. The first kappa shape index (κ1) is 13.1. The lowest BCUT2D eigenvalue weighted by molar-refractivity contribution is 0.111. The number of hydrogen-bond donors (Lipinski definition) is 1. The van der Waals surface area contributed by atoms with E-state index in [4.69, 9.17) is 10.5 Å². The van der Waals surface area contributed by atoms with Gasteiger partial charge in [-0.1, -0.05) is 11.3 Å². The molecule has 2 heterocycles.